The van der Waals surface area contributed by atoms with Gasteiger partial charge in [0.1, 0.15) is 11.4 Å². The number of nitrogens with one attached hydrogen (secondary N) is 1. The van der Waals surface area contributed by atoms with Crippen LogP contribution in [-0.4, -0.2) is 34.7 Å². The molecule has 1 N–H and O–H groups in total. The van der Waals surface area contributed by atoms with Gasteiger partial charge in [0.15, 0.2) is 0 Å². The summed E-state index contributed by atoms with van der Waals surface area (Å²) in [4.78, 5) is 16.4. The van der Waals surface area contributed by atoms with Crippen LogP contribution in [0.1, 0.15) is 58.8 Å². The van der Waals surface area contributed by atoms with Gasteiger partial charge >= 0.3 is 5.97 Å². The summed E-state index contributed by atoms with van der Waals surface area (Å²) in [5.41, 5.74) is -0.679. The molecule has 1 heterocycles. The molecule has 0 fully saturated rings. The van der Waals surface area contributed by atoms with Crippen LogP contribution in [0.15, 0.2) is 12.4 Å². The maximum atomic E-state index is 12.0. The third kappa shape index (κ3) is 3.60. The summed E-state index contributed by atoms with van der Waals surface area (Å²) < 4.78 is 7.08. The lowest BCUT2D eigenvalue weighted by molar-refractivity contribution is -0.148. The van der Waals surface area contributed by atoms with Gasteiger partial charge < -0.3 is 14.6 Å². The molecule has 0 aliphatic rings. The first-order valence-electron chi connectivity index (χ1n) is 7.21. The first-order valence-corrected chi connectivity index (χ1v) is 7.21. The summed E-state index contributed by atoms with van der Waals surface area (Å²) in [5, 5.41) is 3.24. The number of imidazole rings is 1. The maximum absolute atomic E-state index is 12.0. The Labute approximate surface area is 121 Å². The summed E-state index contributed by atoms with van der Waals surface area (Å²) in [6.07, 6.45) is 4.45. The van der Waals surface area contributed by atoms with E-state index in [0.717, 1.165) is 12.4 Å². The van der Waals surface area contributed by atoms with Crippen molar-refractivity contribution in [3.63, 3.8) is 0 Å². The number of carbonyl (C=O) groups is 1. The van der Waals surface area contributed by atoms with Gasteiger partial charge in [0.2, 0.25) is 0 Å². The number of rotatable bonds is 7. The minimum atomic E-state index is -0.679. The van der Waals surface area contributed by atoms with Crippen molar-refractivity contribution >= 4 is 5.97 Å². The number of nitrogens with zero attached hydrogens (tertiary/aromatic N) is 2. The van der Waals surface area contributed by atoms with Gasteiger partial charge in [-0.25, -0.2) is 4.98 Å². The summed E-state index contributed by atoms with van der Waals surface area (Å²) in [6.45, 7) is 10.9. The quantitative estimate of drug-likeness (QED) is 0.780. The highest BCUT2D eigenvalue weighted by atomic mass is 16.5. The molecule has 0 aliphatic carbocycles. The van der Waals surface area contributed by atoms with Crippen LogP contribution in [0.3, 0.4) is 0 Å². The van der Waals surface area contributed by atoms with E-state index in [9.17, 15) is 4.79 Å². The van der Waals surface area contributed by atoms with Gasteiger partial charge in [-0.05, 0) is 26.8 Å². The second-order valence-electron chi connectivity index (χ2n) is 5.75. The van der Waals surface area contributed by atoms with Crippen molar-refractivity contribution in [1.82, 2.24) is 14.9 Å². The van der Waals surface area contributed by atoms with E-state index in [2.05, 4.69) is 35.6 Å². The van der Waals surface area contributed by atoms with Crippen molar-refractivity contribution in [3.8, 4) is 0 Å². The highest BCUT2D eigenvalue weighted by molar-refractivity contribution is 5.80. The molecule has 2 unspecified atom stereocenters. The van der Waals surface area contributed by atoms with E-state index in [0.29, 0.717) is 12.3 Å². The Morgan fingerprint density at radius 2 is 2.15 bits per heavy atom. The van der Waals surface area contributed by atoms with Crippen LogP contribution in [0.5, 0.6) is 0 Å². The Morgan fingerprint density at radius 3 is 2.65 bits per heavy atom. The molecule has 0 radical (unpaired) electrons. The number of hydrogen-bond donors (Lipinski definition) is 1. The molecule has 5 nitrogen and oxygen atoms in total. The highest BCUT2D eigenvalue weighted by Crippen LogP contribution is 2.25. The third-order valence-electron chi connectivity index (χ3n) is 3.60. The number of likely N-dealkylation sites (N-methyl/N-ethyl adjacent to an activating group) is 1. The smallest absolute Gasteiger partial charge is 0.325 e. The van der Waals surface area contributed by atoms with E-state index >= 15 is 0 Å². The van der Waals surface area contributed by atoms with Gasteiger partial charge in [-0.3, -0.25) is 4.79 Å². The summed E-state index contributed by atoms with van der Waals surface area (Å²) in [6, 6.07) is 0.165. The van der Waals surface area contributed by atoms with Crippen LogP contribution in [0.4, 0.5) is 0 Å². The Hall–Kier alpha value is -1.36. The van der Waals surface area contributed by atoms with Gasteiger partial charge in [0.25, 0.3) is 0 Å². The van der Waals surface area contributed by atoms with Crippen LogP contribution in [0.25, 0.3) is 0 Å². The van der Waals surface area contributed by atoms with Crippen LogP contribution in [0.2, 0.25) is 0 Å². The first-order chi connectivity index (χ1) is 9.35. The highest BCUT2D eigenvalue weighted by Gasteiger charge is 2.35. The molecule has 0 aliphatic heterocycles. The normalized spacial score (nSPS) is 15.9. The first kappa shape index (κ1) is 16.7. The lowest BCUT2D eigenvalue weighted by Crippen LogP contribution is -2.51. The van der Waals surface area contributed by atoms with E-state index < -0.39 is 5.54 Å². The van der Waals surface area contributed by atoms with Crippen molar-refractivity contribution in [2.45, 2.75) is 58.5 Å². The predicted octanol–water partition coefficient (Wildman–Crippen LogP) is 2.50. The molecule has 0 saturated heterocycles. The molecule has 5 heteroatoms. The number of ether oxygens (including phenoxy) is 1. The number of esters is 1. The molecule has 2 atom stereocenters. The largest absolute Gasteiger partial charge is 0.468 e. The number of hydrogen-bond acceptors (Lipinski definition) is 4. The molecule has 0 saturated carbocycles. The number of aromatic nitrogens is 2. The van der Waals surface area contributed by atoms with Crippen LogP contribution >= 0.6 is 0 Å². The molecule has 1 rings (SSSR count). The second-order valence-corrected chi connectivity index (χ2v) is 5.75. The van der Waals surface area contributed by atoms with E-state index in [1.807, 2.05) is 26.2 Å². The van der Waals surface area contributed by atoms with Crippen LogP contribution < -0.4 is 5.32 Å². The van der Waals surface area contributed by atoms with Crippen molar-refractivity contribution in [2.24, 2.45) is 0 Å². The number of carbonyl (C=O) groups excluding carboxylic acids is 1. The molecular formula is C15H27N3O2. The molecule has 0 spiro atoms. The van der Waals surface area contributed by atoms with Gasteiger partial charge in [0.05, 0.1) is 7.11 Å². The minimum absolute atomic E-state index is 0.165. The fourth-order valence-electron chi connectivity index (χ4n) is 2.68. The van der Waals surface area contributed by atoms with Crippen LogP contribution in [0, 0.1) is 0 Å². The molecule has 0 aromatic carbocycles. The summed E-state index contributed by atoms with van der Waals surface area (Å²) >= 11 is 0. The summed E-state index contributed by atoms with van der Waals surface area (Å²) in [5.74, 6) is 1.18. The van der Waals surface area contributed by atoms with Crippen molar-refractivity contribution < 1.29 is 9.53 Å². The van der Waals surface area contributed by atoms with E-state index in [1.165, 1.54) is 7.11 Å². The second kappa shape index (κ2) is 6.88. The monoisotopic (exact) mass is 281 g/mol. The van der Waals surface area contributed by atoms with Gasteiger partial charge in [0, 0.05) is 24.4 Å². The number of methoxy groups -OCH3 is 1. The fourth-order valence-corrected chi connectivity index (χ4v) is 2.68. The van der Waals surface area contributed by atoms with Gasteiger partial charge in [-0.2, -0.15) is 0 Å². The van der Waals surface area contributed by atoms with Gasteiger partial charge in [-0.1, -0.05) is 20.8 Å². The third-order valence-corrected chi connectivity index (χ3v) is 3.60. The van der Waals surface area contributed by atoms with E-state index in [-0.39, 0.29) is 12.0 Å². The summed E-state index contributed by atoms with van der Waals surface area (Å²) in [7, 11) is 1.43. The molecule has 114 valence electrons. The Bertz CT molecular complexity index is 442. The Balaban J connectivity index is 2.93. The molecule has 20 heavy (non-hydrogen) atoms. The maximum Gasteiger partial charge on any atom is 0.325 e. The Morgan fingerprint density at radius 1 is 1.50 bits per heavy atom. The van der Waals surface area contributed by atoms with E-state index in [4.69, 9.17) is 4.74 Å². The molecule has 0 bridgehead atoms. The average molecular weight is 281 g/mol. The van der Waals surface area contributed by atoms with Crippen molar-refractivity contribution in [1.29, 1.82) is 0 Å². The molecule has 1 aromatic heterocycles. The molecule has 0 amide bonds. The zero-order chi connectivity index (χ0) is 15.3. The zero-order valence-electron chi connectivity index (χ0n) is 13.4. The fraction of sp³-hybridized carbons (Fsp3) is 0.733. The average Bonchev–Trinajstić information content (AvgIpc) is 2.87. The standard InChI is InChI=1S/C15H27N3O2/c1-7-17-15(5,14(19)20-6)10-12(4)18-9-8-16-13(18)11(2)3/h8-9,11-12,17H,7,10H2,1-6H3. The Kier molecular flexibility index (Phi) is 5.74. The molecular weight excluding hydrogens is 254 g/mol. The van der Waals surface area contributed by atoms with Gasteiger partial charge in [-0.15, -0.1) is 0 Å². The minimum Gasteiger partial charge on any atom is -0.468 e. The predicted molar refractivity (Wildman–Crippen MR) is 79.7 cm³/mol. The van der Waals surface area contributed by atoms with Crippen LogP contribution in [-0.2, 0) is 9.53 Å². The lowest BCUT2D eigenvalue weighted by atomic mass is 9.93. The zero-order valence-corrected chi connectivity index (χ0v) is 13.4. The van der Waals surface area contributed by atoms with E-state index in [1.54, 1.807) is 0 Å². The SMILES string of the molecule is CCNC(C)(CC(C)n1ccnc1C(C)C)C(=O)OC. The molecule has 1 aromatic rings. The topological polar surface area (TPSA) is 56.2 Å². The van der Waals surface area contributed by atoms with Crippen molar-refractivity contribution in [3.05, 3.63) is 18.2 Å². The van der Waals surface area contributed by atoms with Crippen molar-refractivity contribution in [2.75, 3.05) is 13.7 Å². The lowest BCUT2D eigenvalue weighted by Gasteiger charge is -2.31.